The van der Waals surface area contributed by atoms with Crippen molar-refractivity contribution in [3.63, 3.8) is 0 Å². The van der Waals surface area contributed by atoms with E-state index in [4.69, 9.17) is 4.74 Å². The molecule has 2 aromatic carbocycles. The molecule has 1 heterocycles. The summed E-state index contributed by atoms with van der Waals surface area (Å²) in [5.41, 5.74) is 1.93. The lowest BCUT2D eigenvalue weighted by Gasteiger charge is -2.33. The molecule has 0 saturated carbocycles. The zero-order valence-corrected chi connectivity index (χ0v) is 15.6. The Labute approximate surface area is 153 Å². The molecule has 1 atom stereocenters. The van der Waals surface area contributed by atoms with E-state index in [0.717, 1.165) is 5.56 Å². The summed E-state index contributed by atoms with van der Waals surface area (Å²) in [6.45, 7) is 5.46. The monoisotopic (exact) mass is 374 g/mol. The largest absolute Gasteiger partial charge is 0.377 e. The van der Waals surface area contributed by atoms with Crippen LogP contribution in [0.4, 0.5) is 5.69 Å². The predicted octanol–water partition coefficient (Wildman–Crippen LogP) is 2.66. The maximum Gasteiger partial charge on any atom is 0.261 e. The minimum absolute atomic E-state index is 0.0240. The van der Waals surface area contributed by atoms with Gasteiger partial charge in [-0.05, 0) is 50.2 Å². The molecule has 1 aliphatic heterocycles. The molecule has 1 aliphatic rings. The van der Waals surface area contributed by atoms with E-state index in [0.29, 0.717) is 31.0 Å². The standard InChI is InChI=1S/C19H22N2O4S/c1-14-3-9-18(10-4-14)26(23,24)20-17-7-5-16(6-8-17)19(22)21-11-12-25-13-15(21)2/h3-10,15,20H,11-13H2,1-2H3. The number of sulfonamides is 1. The van der Waals surface area contributed by atoms with Crippen molar-refractivity contribution >= 4 is 21.6 Å². The molecule has 0 aliphatic carbocycles. The fourth-order valence-electron chi connectivity index (χ4n) is 2.81. The molecule has 6 nitrogen and oxygen atoms in total. The molecule has 1 saturated heterocycles. The Kier molecular flexibility index (Phi) is 5.29. The number of benzene rings is 2. The van der Waals surface area contributed by atoms with Gasteiger partial charge in [-0.15, -0.1) is 0 Å². The van der Waals surface area contributed by atoms with Gasteiger partial charge in [0.1, 0.15) is 0 Å². The van der Waals surface area contributed by atoms with Crippen molar-refractivity contribution < 1.29 is 17.9 Å². The maximum absolute atomic E-state index is 12.6. The van der Waals surface area contributed by atoms with E-state index < -0.39 is 10.0 Å². The fourth-order valence-corrected chi connectivity index (χ4v) is 3.87. The van der Waals surface area contributed by atoms with E-state index in [-0.39, 0.29) is 16.8 Å². The molecule has 0 bridgehead atoms. The van der Waals surface area contributed by atoms with Crippen LogP contribution in [0.15, 0.2) is 53.4 Å². The molecule has 1 amide bonds. The summed E-state index contributed by atoms with van der Waals surface area (Å²) < 4.78 is 32.7. The normalized spacial score (nSPS) is 17.8. The molecule has 0 aromatic heterocycles. The Bertz CT molecular complexity index is 877. The highest BCUT2D eigenvalue weighted by molar-refractivity contribution is 7.92. The minimum Gasteiger partial charge on any atom is -0.377 e. The van der Waals surface area contributed by atoms with E-state index in [2.05, 4.69) is 4.72 Å². The lowest BCUT2D eigenvalue weighted by molar-refractivity contribution is 0.00359. The van der Waals surface area contributed by atoms with Crippen molar-refractivity contribution in [2.24, 2.45) is 0 Å². The van der Waals surface area contributed by atoms with Gasteiger partial charge in [0, 0.05) is 17.8 Å². The summed E-state index contributed by atoms with van der Waals surface area (Å²) in [5.74, 6) is -0.0752. The van der Waals surface area contributed by atoms with Crippen molar-refractivity contribution in [3.05, 3.63) is 59.7 Å². The quantitative estimate of drug-likeness (QED) is 0.893. The Morgan fingerprint density at radius 2 is 1.77 bits per heavy atom. The van der Waals surface area contributed by atoms with Crippen molar-refractivity contribution in [1.82, 2.24) is 4.90 Å². The van der Waals surface area contributed by atoms with Crippen LogP contribution in [0.5, 0.6) is 0 Å². The number of carbonyl (C=O) groups excluding carboxylic acids is 1. The molecule has 0 spiro atoms. The number of hydrogen-bond donors (Lipinski definition) is 1. The zero-order chi connectivity index (χ0) is 18.7. The van der Waals surface area contributed by atoms with Gasteiger partial charge in [-0.3, -0.25) is 9.52 Å². The van der Waals surface area contributed by atoms with Crippen LogP contribution < -0.4 is 4.72 Å². The van der Waals surface area contributed by atoms with Crippen LogP contribution in [0.3, 0.4) is 0 Å². The van der Waals surface area contributed by atoms with Gasteiger partial charge in [-0.25, -0.2) is 8.42 Å². The predicted molar refractivity (Wildman–Crippen MR) is 99.7 cm³/mol. The van der Waals surface area contributed by atoms with Gasteiger partial charge in [0.05, 0.1) is 24.2 Å². The molecule has 0 radical (unpaired) electrons. The van der Waals surface area contributed by atoms with Crippen LogP contribution in [-0.2, 0) is 14.8 Å². The van der Waals surface area contributed by atoms with Gasteiger partial charge in [-0.2, -0.15) is 0 Å². The lowest BCUT2D eigenvalue weighted by Crippen LogP contribution is -2.47. The van der Waals surface area contributed by atoms with Crippen LogP contribution in [0.25, 0.3) is 0 Å². The SMILES string of the molecule is Cc1ccc(S(=O)(=O)Nc2ccc(C(=O)N3CCOCC3C)cc2)cc1. The van der Waals surface area contributed by atoms with Gasteiger partial charge in [0.25, 0.3) is 15.9 Å². The molecule has 7 heteroatoms. The molecule has 138 valence electrons. The molecular weight excluding hydrogens is 352 g/mol. The average molecular weight is 374 g/mol. The smallest absolute Gasteiger partial charge is 0.261 e. The molecule has 1 fully saturated rings. The summed E-state index contributed by atoms with van der Waals surface area (Å²) in [6.07, 6.45) is 0. The van der Waals surface area contributed by atoms with Gasteiger partial charge >= 0.3 is 0 Å². The van der Waals surface area contributed by atoms with E-state index in [1.165, 1.54) is 0 Å². The fraction of sp³-hybridized carbons (Fsp3) is 0.316. The van der Waals surface area contributed by atoms with E-state index in [1.54, 1.807) is 53.4 Å². The van der Waals surface area contributed by atoms with Crippen LogP contribution in [0.2, 0.25) is 0 Å². The van der Waals surface area contributed by atoms with Gasteiger partial charge < -0.3 is 9.64 Å². The Morgan fingerprint density at radius 1 is 1.12 bits per heavy atom. The number of nitrogens with zero attached hydrogens (tertiary/aromatic N) is 1. The second kappa shape index (κ2) is 7.47. The maximum atomic E-state index is 12.6. The Balaban J connectivity index is 1.73. The van der Waals surface area contributed by atoms with Crippen molar-refractivity contribution in [1.29, 1.82) is 0 Å². The average Bonchev–Trinajstić information content (AvgIpc) is 2.62. The summed E-state index contributed by atoms with van der Waals surface area (Å²) in [7, 11) is -3.65. The topological polar surface area (TPSA) is 75.7 Å². The van der Waals surface area contributed by atoms with Crippen LogP contribution in [0, 0.1) is 6.92 Å². The number of anilines is 1. The molecule has 1 unspecified atom stereocenters. The van der Waals surface area contributed by atoms with E-state index in [1.807, 2.05) is 13.8 Å². The van der Waals surface area contributed by atoms with Crippen LogP contribution in [0.1, 0.15) is 22.8 Å². The number of nitrogens with one attached hydrogen (secondary N) is 1. The molecule has 1 N–H and O–H groups in total. The van der Waals surface area contributed by atoms with Crippen LogP contribution >= 0.6 is 0 Å². The summed E-state index contributed by atoms with van der Waals surface area (Å²) in [5, 5.41) is 0. The number of rotatable bonds is 4. The van der Waals surface area contributed by atoms with Gasteiger partial charge in [0.2, 0.25) is 0 Å². The van der Waals surface area contributed by atoms with E-state index >= 15 is 0 Å². The highest BCUT2D eigenvalue weighted by atomic mass is 32.2. The highest BCUT2D eigenvalue weighted by Crippen LogP contribution is 2.19. The second-order valence-electron chi connectivity index (χ2n) is 6.42. The minimum atomic E-state index is -3.65. The first-order valence-electron chi connectivity index (χ1n) is 8.45. The number of ether oxygens (including phenoxy) is 1. The molecule has 2 aromatic rings. The van der Waals surface area contributed by atoms with Gasteiger partial charge in [-0.1, -0.05) is 17.7 Å². The second-order valence-corrected chi connectivity index (χ2v) is 8.10. The van der Waals surface area contributed by atoms with Crippen molar-refractivity contribution in [2.75, 3.05) is 24.5 Å². The zero-order valence-electron chi connectivity index (χ0n) is 14.8. The summed E-state index contributed by atoms with van der Waals surface area (Å²) in [6, 6.07) is 13.1. The molecular formula is C19H22N2O4S. The Hall–Kier alpha value is -2.38. The number of aryl methyl sites for hydroxylation is 1. The van der Waals surface area contributed by atoms with Gasteiger partial charge in [0.15, 0.2) is 0 Å². The summed E-state index contributed by atoms with van der Waals surface area (Å²) >= 11 is 0. The number of amides is 1. The number of hydrogen-bond acceptors (Lipinski definition) is 4. The third-order valence-corrected chi connectivity index (χ3v) is 5.74. The highest BCUT2D eigenvalue weighted by Gasteiger charge is 2.24. The lowest BCUT2D eigenvalue weighted by atomic mass is 10.1. The van der Waals surface area contributed by atoms with Crippen LogP contribution in [-0.4, -0.2) is 45.0 Å². The first-order chi connectivity index (χ1) is 12.4. The van der Waals surface area contributed by atoms with Crippen molar-refractivity contribution in [2.45, 2.75) is 24.8 Å². The third kappa shape index (κ3) is 4.05. The first-order valence-corrected chi connectivity index (χ1v) is 9.93. The first kappa shape index (κ1) is 18.4. The molecule has 3 rings (SSSR count). The summed E-state index contributed by atoms with van der Waals surface area (Å²) in [4.78, 5) is 14.6. The number of morpholine rings is 1. The molecule has 26 heavy (non-hydrogen) atoms. The third-order valence-electron chi connectivity index (χ3n) is 4.34. The van der Waals surface area contributed by atoms with Crippen molar-refractivity contribution in [3.8, 4) is 0 Å². The number of carbonyl (C=O) groups is 1. The Morgan fingerprint density at radius 3 is 2.38 bits per heavy atom. The van der Waals surface area contributed by atoms with E-state index in [9.17, 15) is 13.2 Å².